The molecule has 6 nitrogen and oxygen atoms in total. The zero-order valence-corrected chi connectivity index (χ0v) is 19.6. The maximum atomic E-state index is 13.6. The van der Waals surface area contributed by atoms with Gasteiger partial charge in [0.25, 0.3) is 5.91 Å². The van der Waals surface area contributed by atoms with Crippen LogP contribution < -0.4 is 15.4 Å². The van der Waals surface area contributed by atoms with Gasteiger partial charge in [0.1, 0.15) is 11.3 Å². The Bertz CT molecular complexity index is 1420. The Kier molecular flexibility index (Phi) is 6.76. The standard InChI is InChI=1S/C24H18ClF2N3O3S/c1-12-3-5-20(13(2)7-12)32-11-22(31)30-24(34)28-14-4-6-21-19(8-14)29-23(33-21)15-9-17(26)18(27)10-16(15)25/h3-10H,11H2,1-2H3,(H2,28,30,31,34). The van der Waals surface area contributed by atoms with Gasteiger partial charge in [-0.25, -0.2) is 13.8 Å². The van der Waals surface area contributed by atoms with E-state index >= 15 is 0 Å². The van der Waals surface area contributed by atoms with Gasteiger partial charge in [0.05, 0.1) is 10.6 Å². The second-order valence-electron chi connectivity index (χ2n) is 7.51. The molecule has 174 valence electrons. The molecule has 0 fully saturated rings. The minimum Gasteiger partial charge on any atom is -0.483 e. The molecule has 0 aliphatic heterocycles. The second kappa shape index (κ2) is 9.74. The third kappa shape index (κ3) is 5.32. The number of ether oxygens (including phenoxy) is 1. The van der Waals surface area contributed by atoms with E-state index < -0.39 is 17.5 Å². The predicted octanol–water partition coefficient (Wildman–Crippen LogP) is 5.94. The van der Waals surface area contributed by atoms with Crippen LogP contribution in [0.4, 0.5) is 14.5 Å². The molecule has 1 amide bonds. The van der Waals surface area contributed by atoms with Gasteiger partial charge >= 0.3 is 0 Å². The smallest absolute Gasteiger partial charge is 0.264 e. The largest absolute Gasteiger partial charge is 0.483 e. The zero-order chi connectivity index (χ0) is 24.4. The highest BCUT2D eigenvalue weighted by molar-refractivity contribution is 7.80. The Balaban J connectivity index is 1.40. The van der Waals surface area contributed by atoms with E-state index in [4.69, 9.17) is 33.0 Å². The number of halogens is 3. The highest BCUT2D eigenvalue weighted by Gasteiger charge is 2.16. The summed E-state index contributed by atoms with van der Waals surface area (Å²) in [4.78, 5) is 16.5. The fraction of sp³-hybridized carbons (Fsp3) is 0.125. The average molecular weight is 502 g/mol. The van der Waals surface area contributed by atoms with Gasteiger partial charge in [-0.2, -0.15) is 0 Å². The molecule has 2 N–H and O–H groups in total. The number of amides is 1. The number of hydrogen-bond donors (Lipinski definition) is 2. The van der Waals surface area contributed by atoms with Crippen LogP contribution in [0.5, 0.6) is 5.75 Å². The molecule has 0 saturated heterocycles. The van der Waals surface area contributed by atoms with Crippen molar-refractivity contribution in [3.63, 3.8) is 0 Å². The molecular formula is C24H18ClF2N3O3S. The van der Waals surface area contributed by atoms with Crippen molar-refractivity contribution in [3.05, 3.63) is 76.3 Å². The van der Waals surface area contributed by atoms with Gasteiger partial charge in [-0.15, -0.1) is 0 Å². The molecule has 4 rings (SSSR count). The number of carbonyl (C=O) groups excluding carboxylic acids is 1. The first-order chi connectivity index (χ1) is 16.2. The number of thiocarbonyl (C=S) groups is 1. The molecule has 0 saturated carbocycles. The summed E-state index contributed by atoms with van der Waals surface area (Å²) in [7, 11) is 0. The van der Waals surface area contributed by atoms with Crippen molar-refractivity contribution < 1.29 is 22.7 Å². The van der Waals surface area contributed by atoms with Crippen LogP contribution in [0.3, 0.4) is 0 Å². The molecule has 0 atom stereocenters. The highest BCUT2D eigenvalue weighted by atomic mass is 35.5. The van der Waals surface area contributed by atoms with E-state index in [0.29, 0.717) is 22.5 Å². The number of hydrogen-bond acceptors (Lipinski definition) is 5. The van der Waals surface area contributed by atoms with Crippen LogP contribution in [-0.4, -0.2) is 22.6 Å². The van der Waals surface area contributed by atoms with Crippen molar-refractivity contribution in [2.45, 2.75) is 13.8 Å². The topological polar surface area (TPSA) is 76.4 Å². The molecule has 0 aliphatic carbocycles. The number of aryl methyl sites for hydroxylation is 2. The van der Waals surface area contributed by atoms with E-state index in [9.17, 15) is 13.6 Å². The Morgan fingerprint density at radius 1 is 1.12 bits per heavy atom. The summed E-state index contributed by atoms with van der Waals surface area (Å²) in [6.07, 6.45) is 0. The summed E-state index contributed by atoms with van der Waals surface area (Å²) >= 11 is 11.2. The van der Waals surface area contributed by atoms with Crippen LogP contribution in [0, 0.1) is 25.5 Å². The van der Waals surface area contributed by atoms with Gasteiger partial charge in [0, 0.05) is 5.69 Å². The first-order valence-electron chi connectivity index (χ1n) is 10.1. The molecular weight excluding hydrogens is 484 g/mol. The summed E-state index contributed by atoms with van der Waals surface area (Å²) in [6.45, 7) is 3.67. The van der Waals surface area contributed by atoms with Gasteiger partial charge in [0.2, 0.25) is 5.89 Å². The summed E-state index contributed by atoms with van der Waals surface area (Å²) in [5.74, 6) is -1.89. The third-order valence-corrected chi connectivity index (χ3v) is 5.34. The molecule has 1 aromatic heterocycles. The van der Waals surface area contributed by atoms with E-state index in [1.807, 2.05) is 32.0 Å². The third-order valence-electron chi connectivity index (χ3n) is 4.83. The van der Waals surface area contributed by atoms with Crippen molar-refractivity contribution in [3.8, 4) is 17.2 Å². The van der Waals surface area contributed by atoms with Crippen LogP contribution in [0.25, 0.3) is 22.6 Å². The Morgan fingerprint density at radius 3 is 2.65 bits per heavy atom. The summed E-state index contributed by atoms with van der Waals surface area (Å²) in [5.41, 5.74) is 3.51. The molecule has 10 heteroatoms. The number of oxazole rings is 1. The van der Waals surface area contributed by atoms with E-state index in [0.717, 1.165) is 23.3 Å². The SMILES string of the molecule is Cc1ccc(OCC(=O)NC(=S)Nc2ccc3oc(-c4cc(F)c(F)cc4Cl)nc3c2)c(C)c1. The van der Waals surface area contributed by atoms with Gasteiger partial charge in [-0.1, -0.05) is 29.3 Å². The highest BCUT2D eigenvalue weighted by Crippen LogP contribution is 2.32. The average Bonchev–Trinajstić information content (AvgIpc) is 3.18. The Morgan fingerprint density at radius 2 is 1.88 bits per heavy atom. The maximum Gasteiger partial charge on any atom is 0.264 e. The van der Waals surface area contributed by atoms with E-state index in [1.165, 1.54) is 0 Å². The minimum absolute atomic E-state index is 0.0317. The summed E-state index contributed by atoms with van der Waals surface area (Å²) in [6, 6.07) is 12.4. The number of benzene rings is 3. The van der Waals surface area contributed by atoms with Crippen LogP contribution >= 0.6 is 23.8 Å². The van der Waals surface area contributed by atoms with Gasteiger partial charge in [0.15, 0.2) is 28.9 Å². The first kappa shape index (κ1) is 23.6. The zero-order valence-electron chi connectivity index (χ0n) is 18.0. The number of fused-ring (bicyclic) bond motifs is 1. The lowest BCUT2D eigenvalue weighted by Gasteiger charge is -2.11. The monoisotopic (exact) mass is 501 g/mol. The fourth-order valence-electron chi connectivity index (χ4n) is 3.24. The number of anilines is 1. The normalized spacial score (nSPS) is 10.9. The fourth-order valence-corrected chi connectivity index (χ4v) is 3.70. The predicted molar refractivity (Wildman–Crippen MR) is 130 cm³/mol. The number of carbonyl (C=O) groups is 1. The lowest BCUT2D eigenvalue weighted by atomic mass is 10.1. The van der Waals surface area contributed by atoms with Crippen molar-refractivity contribution in [1.29, 1.82) is 0 Å². The molecule has 34 heavy (non-hydrogen) atoms. The number of aromatic nitrogens is 1. The Labute approximate surface area is 203 Å². The van der Waals surface area contributed by atoms with Crippen molar-refractivity contribution in [2.75, 3.05) is 11.9 Å². The molecule has 0 radical (unpaired) electrons. The number of rotatable bonds is 5. The second-order valence-corrected chi connectivity index (χ2v) is 8.32. The lowest BCUT2D eigenvalue weighted by Crippen LogP contribution is -2.37. The molecule has 0 unspecified atom stereocenters. The van der Waals surface area contributed by atoms with Crippen LogP contribution in [0.15, 0.2) is 52.9 Å². The molecule has 0 aliphatic rings. The quantitative estimate of drug-likeness (QED) is 0.260. The molecule has 0 spiro atoms. The molecule has 0 bridgehead atoms. The maximum absolute atomic E-state index is 13.6. The molecule has 3 aromatic carbocycles. The van der Waals surface area contributed by atoms with Crippen LogP contribution in [-0.2, 0) is 4.79 Å². The van der Waals surface area contributed by atoms with E-state index in [-0.39, 0.29) is 28.2 Å². The van der Waals surface area contributed by atoms with Gasteiger partial charge in [-0.3, -0.25) is 10.1 Å². The number of nitrogens with zero attached hydrogens (tertiary/aromatic N) is 1. The Hall–Kier alpha value is -3.56. The van der Waals surface area contributed by atoms with Crippen LogP contribution in [0.1, 0.15) is 11.1 Å². The lowest BCUT2D eigenvalue weighted by molar-refractivity contribution is -0.121. The van der Waals surface area contributed by atoms with Crippen molar-refractivity contribution >= 4 is 51.6 Å². The van der Waals surface area contributed by atoms with Crippen molar-refractivity contribution in [2.24, 2.45) is 0 Å². The number of nitrogens with one attached hydrogen (secondary N) is 2. The van der Waals surface area contributed by atoms with Gasteiger partial charge in [-0.05, 0) is 68.0 Å². The minimum atomic E-state index is -1.06. The summed E-state index contributed by atoms with van der Waals surface area (Å²) < 4.78 is 38.1. The van der Waals surface area contributed by atoms with Crippen molar-refractivity contribution in [1.82, 2.24) is 10.3 Å². The first-order valence-corrected chi connectivity index (χ1v) is 10.8. The van der Waals surface area contributed by atoms with E-state index in [1.54, 1.807) is 18.2 Å². The van der Waals surface area contributed by atoms with E-state index in [2.05, 4.69) is 15.6 Å². The summed E-state index contributed by atoms with van der Waals surface area (Å²) in [5, 5.41) is 5.47. The van der Waals surface area contributed by atoms with Crippen LogP contribution in [0.2, 0.25) is 5.02 Å². The molecule has 4 aromatic rings. The van der Waals surface area contributed by atoms with Gasteiger partial charge < -0.3 is 14.5 Å². The molecule has 1 heterocycles.